The second-order valence-corrected chi connectivity index (χ2v) is 6.03. The number of para-hydroxylation sites is 1. The lowest BCUT2D eigenvalue weighted by atomic mass is 10.2. The van der Waals surface area contributed by atoms with Crippen LogP contribution in [0.3, 0.4) is 0 Å². The lowest BCUT2D eigenvalue weighted by Gasteiger charge is -2.00. The fourth-order valence-electron chi connectivity index (χ4n) is 2.54. The van der Waals surface area contributed by atoms with E-state index in [-0.39, 0.29) is 0 Å². The Bertz CT molecular complexity index is 1110. The second-order valence-electron chi connectivity index (χ2n) is 5.21. The standard InChI is InChI=1S/C17H12ClN5S/c18-12-5-3-4-11(8-12)9-20-23-16(21-22-17(23)24)14-10-19-15-7-2-1-6-13(14)15/h1-10,19H,(H,22,24)/b20-9+. The van der Waals surface area contributed by atoms with E-state index in [1.165, 1.54) is 0 Å². The first-order chi connectivity index (χ1) is 11.7. The predicted molar refractivity (Wildman–Crippen MR) is 99.1 cm³/mol. The maximum Gasteiger partial charge on any atom is 0.216 e. The zero-order chi connectivity index (χ0) is 16.5. The molecule has 0 aliphatic heterocycles. The highest BCUT2D eigenvalue weighted by atomic mass is 35.5. The number of halogens is 1. The lowest BCUT2D eigenvalue weighted by molar-refractivity contribution is 0.872. The molecule has 0 atom stereocenters. The molecule has 4 aromatic rings. The molecule has 0 saturated heterocycles. The molecule has 0 unspecified atom stereocenters. The first-order valence-corrected chi connectivity index (χ1v) is 8.05. The van der Waals surface area contributed by atoms with E-state index in [0.717, 1.165) is 22.0 Å². The topological polar surface area (TPSA) is 61.8 Å². The van der Waals surface area contributed by atoms with Gasteiger partial charge in [-0.15, -0.1) is 0 Å². The molecule has 4 rings (SSSR count). The zero-order valence-electron chi connectivity index (χ0n) is 12.4. The van der Waals surface area contributed by atoms with Gasteiger partial charge >= 0.3 is 0 Å². The molecule has 7 heteroatoms. The Morgan fingerprint density at radius 3 is 2.92 bits per heavy atom. The van der Waals surface area contributed by atoms with Crippen molar-refractivity contribution in [3.8, 4) is 11.4 Å². The number of aromatic amines is 2. The monoisotopic (exact) mass is 353 g/mol. The Balaban J connectivity index is 1.81. The molecule has 2 heterocycles. The fourth-order valence-corrected chi connectivity index (χ4v) is 2.92. The third kappa shape index (κ3) is 2.66. The van der Waals surface area contributed by atoms with Crippen molar-refractivity contribution in [2.24, 2.45) is 5.10 Å². The average Bonchev–Trinajstić information content (AvgIpc) is 3.16. The van der Waals surface area contributed by atoms with Crippen molar-refractivity contribution in [2.45, 2.75) is 0 Å². The van der Waals surface area contributed by atoms with Gasteiger partial charge < -0.3 is 4.98 Å². The minimum Gasteiger partial charge on any atom is -0.360 e. The van der Waals surface area contributed by atoms with Gasteiger partial charge in [0.1, 0.15) is 0 Å². The van der Waals surface area contributed by atoms with E-state index in [0.29, 0.717) is 15.6 Å². The van der Waals surface area contributed by atoms with Gasteiger partial charge in [0.05, 0.1) is 6.21 Å². The first kappa shape index (κ1) is 14.9. The summed E-state index contributed by atoms with van der Waals surface area (Å²) < 4.78 is 2.03. The molecule has 0 saturated carbocycles. The molecule has 0 bridgehead atoms. The zero-order valence-corrected chi connectivity index (χ0v) is 14.0. The van der Waals surface area contributed by atoms with E-state index < -0.39 is 0 Å². The van der Waals surface area contributed by atoms with Gasteiger partial charge in [-0.2, -0.15) is 14.9 Å². The number of aromatic nitrogens is 4. The molecule has 5 nitrogen and oxygen atoms in total. The quantitative estimate of drug-likeness (QED) is 0.417. The minimum absolute atomic E-state index is 0.425. The van der Waals surface area contributed by atoms with Crippen LogP contribution in [-0.2, 0) is 0 Å². The maximum atomic E-state index is 6.00. The Labute approximate surface area is 147 Å². The number of fused-ring (bicyclic) bond motifs is 1. The molecular weight excluding hydrogens is 342 g/mol. The molecule has 0 aliphatic carbocycles. The molecule has 2 aromatic carbocycles. The van der Waals surface area contributed by atoms with Crippen molar-refractivity contribution in [2.75, 3.05) is 0 Å². The van der Waals surface area contributed by atoms with E-state index in [9.17, 15) is 0 Å². The fraction of sp³-hybridized carbons (Fsp3) is 0. The maximum absolute atomic E-state index is 6.00. The molecule has 118 valence electrons. The van der Waals surface area contributed by atoms with Crippen LogP contribution in [0.5, 0.6) is 0 Å². The summed E-state index contributed by atoms with van der Waals surface area (Å²) in [5.41, 5.74) is 2.85. The SMILES string of the molecule is S=c1[nH]nc(-c2c[nH]c3ccccc23)n1/N=C/c1cccc(Cl)c1. The van der Waals surface area contributed by atoms with Gasteiger partial charge in [-0.3, -0.25) is 0 Å². The van der Waals surface area contributed by atoms with Crippen LogP contribution < -0.4 is 0 Å². The molecule has 0 spiro atoms. The Hall–Kier alpha value is -2.70. The molecule has 2 N–H and O–H groups in total. The van der Waals surface area contributed by atoms with Crippen LogP contribution in [0.25, 0.3) is 22.3 Å². The van der Waals surface area contributed by atoms with Gasteiger partial charge in [0.25, 0.3) is 0 Å². The van der Waals surface area contributed by atoms with Crippen LogP contribution >= 0.6 is 23.8 Å². The van der Waals surface area contributed by atoms with Crippen LogP contribution in [-0.4, -0.2) is 26.1 Å². The number of rotatable bonds is 3. The molecule has 0 amide bonds. The molecule has 0 aliphatic rings. The molecular formula is C17H12ClN5S. The number of hydrogen-bond acceptors (Lipinski definition) is 3. The lowest BCUT2D eigenvalue weighted by Crippen LogP contribution is -1.94. The minimum atomic E-state index is 0.425. The number of H-pyrrole nitrogens is 2. The largest absolute Gasteiger partial charge is 0.360 e. The van der Waals surface area contributed by atoms with Crippen molar-refractivity contribution in [3.63, 3.8) is 0 Å². The van der Waals surface area contributed by atoms with Crippen LogP contribution in [0.1, 0.15) is 5.56 Å². The molecule has 0 radical (unpaired) electrons. The number of benzene rings is 2. The summed E-state index contributed by atoms with van der Waals surface area (Å²) in [7, 11) is 0. The van der Waals surface area contributed by atoms with E-state index in [2.05, 4.69) is 20.3 Å². The average molecular weight is 354 g/mol. The third-order valence-corrected chi connectivity index (χ3v) is 4.15. The summed E-state index contributed by atoms with van der Waals surface area (Å²) in [6.45, 7) is 0. The van der Waals surface area contributed by atoms with E-state index in [1.807, 2.05) is 54.7 Å². The van der Waals surface area contributed by atoms with Crippen LogP contribution in [0.15, 0.2) is 59.8 Å². The van der Waals surface area contributed by atoms with Crippen molar-refractivity contribution in [1.29, 1.82) is 0 Å². The van der Waals surface area contributed by atoms with E-state index >= 15 is 0 Å². The summed E-state index contributed by atoms with van der Waals surface area (Å²) >= 11 is 11.3. The number of nitrogens with zero attached hydrogens (tertiary/aromatic N) is 3. The number of hydrogen-bond donors (Lipinski definition) is 2. The van der Waals surface area contributed by atoms with Gasteiger partial charge in [-0.05, 0) is 36.0 Å². The highest BCUT2D eigenvalue weighted by Gasteiger charge is 2.12. The highest BCUT2D eigenvalue weighted by molar-refractivity contribution is 7.71. The number of nitrogens with one attached hydrogen (secondary N) is 2. The van der Waals surface area contributed by atoms with Crippen molar-refractivity contribution >= 4 is 40.9 Å². The summed E-state index contributed by atoms with van der Waals surface area (Å²) in [5.74, 6) is 0.649. The second kappa shape index (κ2) is 6.07. The predicted octanol–water partition coefficient (Wildman–Crippen LogP) is 4.62. The van der Waals surface area contributed by atoms with Crippen molar-refractivity contribution < 1.29 is 0 Å². The normalized spacial score (nSPS) is 11.5. The summed E-state index contributed by atoms with van der Waals surface area (Å²) in [4.78, 5) is 3.23. The summed E-state index contributed by atoms with van der Waals surface area (Å²) in [6, 6.07) is 15.5. The Kier molecular flexibility index (Phi) is 3.76. The summed E-state index contributed by atoms with van der Waals surface area (Å²) in [6.07, 6.45) is 3.61. The van der Waals surface area contributed by atoms with Crippen LogP contribution in [0.4, 0.5) is 0 Å². The highest BCUT2D eigenvalue weighted by Crippen LogP contribution is 2.27. The van der Waals surface area contributed by atoms with Crippen LogP contribution in [0.2, 0.25) is 5.02 Å². The van der Waals surface area contributed by atoms with Gasteiger partial charge in [0, 0.05) is 27.7 Å². The van der Waals surface area contributed by atoms with Crippen molar-refractivity contribution in [1.82, 2.24) is 19.9 Å². The third-order valence-electron chi connectivity index (χ3n) is 3.65. The van der Waals surface area contributed by atoms with Gasteiger partial charge in [0.2, 0.25) is 4.77 Å². The molecule has 24 heavy (non-hydrogen) atoms. The Morgan fingerprint density at radius 2 is 2.04 bits per heavy atom. The van der Waals surface area contributed by atoms with Gasteiger partial charge in [-0.1, -0.05) is 41.9 Å². The van der Waals surface area contributed by atoms with E-state index in [4.69, 9.17) is 23.8 Å². The Morgan fingerprint density at radius 1 is 1.17 bits per heavy atom. The molecule has 2 aromatic heterocycles. The van der Waals surface area contributed by atoms with E-state index in [1.54, 1.807) is 10.9 Å². The van der Waals surface area contributed by atoms with Gasteiger partial charge in [0.15, 0.2) is 5.82 Å². The molecule has 0 fully saturated rings. The van der Waals surface area contributed by atoms with Crippen molar-refractivity contribution in [3.05, 3.63) is 70.1 Å². The van der Waals surface area contributed by atoms with Crippen LogP contribution in [0, 0.1) is 4.77 Å². The first-order valence-electron chi connectivity index (χ1n) is 7.26. The smallest absolute Gasteiger partial charge is 0.216 e. The summed E-state index contributed by atoms with van der Waals surface area (Å²) in [5, 5.41) is 13.3. The van der Waals surface area contributed by atoms with Gasteiger partial charge in [-0.25, -0.2) is 5.10 Å².